The standard InChI is InChI=1S/C31H51N5O5/c1-17(2)36(18(3)4)30(41)34-24(20-13-8-7-9-14-20)29(40)35-16-21-23(31(21,5)6)25(35)28(39)33-22(26(37)27(32)38)15-19-11-10-12-19/h17-25H,7-16H2,1-6H3,(H2,32,38)(H,33,39)(H,34,41). The third kappa shape index (κ3) is 6.41. The number of nitrogens with one attached hydrogen (secondary N) is 2. The number of carbonyl (C=O) groups is 5. The largest absolute Gasteiger partial charge is 0.363 e. The van der Waals surface area contributed by atoms with Crippen molar-refractivity contribution in [2.45, 2.75) is 130 Å². The van der Waals surface area contributed by atoms with Gasteiger partial charge in [0.25, 0.3) is 5.91 Å². The van der Waals surface area contributed by atoms with E-state index in [4.69, 9.17) is 5.73 Å². The maximum atomic E-state index is 14.4. The van der Waals surface area contributed by atoms with Crippen LogP contribution in [0.4, 0.5) is 4.79 Å². The normalized spacial score (nSPS) is 27.0. The first kappa shape index (κ1) is 31.3. The molecule has 4 aliphatic rings. The summed E-state index contributed by atoms with van der Waals surface area (Å²) >= 11 is 0. The van der Waals surface area contributed by atoms with Crippen LogP contribution in [0.15, 0.2) is 0 Å². The van der Waals surface area contributed by atoms with Gasteiger partial charge in [-0.05, 0) is 76.0 Å². The number of nitrogens with two attached hydrogens (primary N) is 1. The molecule has 10 nitrogen and oxygen atoms in total. The Morgan fingerprint density at radius 1 is 0.902 bits per heavy atom. The van der Waals surface area contributed by atoms with Gasteiger partial charge in [0, 0.05) is 18.6 Å². The summed E-state index contributed by atoms with van der Waals surface area (Å²) in [6.45, 7) is 12.5. The highest BCUT2D eigenvalue weighted by molar-refractivity contribution is 6.37. The zero-order chi connectivity index (χ0) is 30.2. The number of likely N-dealkylation sites (tertiary alicyclic amines) is 1. The highest BCUT2D eigenvalue weighted by Gasteiger charge is 2.69. The second kappa shape index (κ2) is 12.3. The van der Waals surface area contributed by atoms with Crippen LogP contribution < -0.4 is 16.4 Å². The number of Topliss-reactive ketones (excluding diaryl/α,β-unsaturated/α-hetero) is 1. The summed E-state index contributed by atoms with van der Waals surface area (Å²) in [4.78, 5) is 69.7. The molecular formula is C31H51N5O5. The lowest BCUT2D eigenvalue weighted by Gasteiger charge is -2.39. The topological polar surface area (TPSA) is 142 Å². The molecule has 3 saturated carbocycles. The van der Waals surface area contributed by atoms with Gasteiger partial charge in [-0.1, -0.05) is 52.4 Å². The summed E-state index contributed by atoms with van der Waals surface area (Å²) in [5.74, 6) is -2.10. The van der Waals surface area contributed by atoms with Crippen LogP contribution >= 0.6 is 0 Å². The van der Waals surface area contributed by atoms with Gasteiger partial charge in [0.2, 0.25) is 17.6 Å². The third-order valence-electron chi connectivity index (χ3n) is 10.4. The van der Waals surface area contributed by atoms with Crippen LogP contribution in [0.1, 0.15) is 99.3 Å². The van der Waals surface area contributed by atoms with Crippen LogP contribution in [0, 0.1) is 29.1 Å². The maximum Gasteiger partial charge on any atom is 0.318 e. The minimum Gasteiger partial charge on any atom is -0.363 e. The summed E-state index contributed by atoms with van der Waals surface area (Å²) in [7, 11) is 0. The number of nitrogens with zero attached hydrogens (tertiary/aromatic N) is 2. The lowest BCUT2D eigenvalue weighted by atomic mass is 9.80. The Balaban J connectivity index is 1.58. The van der Waals surface area contributed by atoms with E-state index in [-0.39, 0.29) is 53.1 Å². The first-order valence-electron chi connectivity index (χ1n) is 15.8. The zero-order valence-electron chi connectivity index (χ0n) is 25.8. The van der Waals surface area contributed by atoms with Crippen molar-refractivity contribution in [2.24, 2.45) is 34.8 Å². The molecular weight excluding hydrogens is 522 g/mol. The molecule has 4 rings (SSSR count). The van der Waals surface area contributed by atoms with Crippen molar-refractivity contribution in [1.29, 1.82) is 0 Å². The van der Waals surface area contributed by atoms with Gasteiger partial charge in [-0.3, -0.25) is 19.2 Å². The van der Waals surface area contributed by atoms with Gasteiger partial charge >= 0.3 is 6.03 Å². The number of amides is 5. The first-order valence-corrected chi connectivity index (χ1v) is 15.8. The quantitative estimate of drug-likeness (QED) is 0.326. The predicted molar refractivity (Wildman–Crippen MR) is 155 cm³/mol. The van der Waals surface area contributed by atoms with E-state index in [2.05, 4.69) is 24.5 Å². The van der Waals surface area contributed by atoms with E-state index in [9.17, 15) is 24.0 Å². The molecule has 10 heteroatoms. The van der Waals surface area contributed by atoms with Gasteiger partial charge in [0.05, 0.1) is 6.04 Å². The lowest BCUT2D eigenvalue weighted by Crippen LogP contribution is -2.61. The summed E-state index contributed by atoms with van der Waals surface area (Å²) < 4.78 is 0. The molecule has 4 N–H and O–H groups in total. The molecule has 5 atom stereocenters. The van der Waals surface area contributed by atoms with Gasteiger partial charge in [0.15, 0.2) is 0 Å². The van der Waals surface area contributed by atoms with E-state index in [0.29, 0.717) is 13.0 Å². The smallest absolute Gasteiger partial charge is 0.318 e. The zero-order valence-corrected chi connectivity index (χ0v) is 25.8. The van der Waals surface area contributed by atoms with Crippen molar-refractivity contribution in [3.63, 3.8) is 0 Å². The van der Waals surface area contributed by atoms with Gasteiger partial charge in [-0.15, -0.1) is 0 Å². The molecule has 1 saturated heterocycles. The number of hydrogen-bond donors (Lipinski definition) is 3. The fourth-order valence-electron chi connectivity index (χ4n) is 7.84. The van der Waals surface area contributed by atoms with E-state index >= 15 is 0 Å². The molecule has 0 aromatic carbocycles. The molecule has 0 aromatic rings. The van der Waals surface area contributed by atoms with Crippen LogP contribution in [0.3, 0.4) is 0 Å². The minimum atomic E-state index is -1.06. The summed E-state index contributed by atoms with van der Waals surface area (Å²) in [6, 6.07) is -2.81. The van der Waals surface area contributed by atoms with E-state index in [0.717, 1.165) is 51.4 Å². The maximum absolute atomic E-state index is 14.4. The molecule has 0 aromatic heterocycles. The Kier molecular flexibility index (Phi) is 9.38. The van der Waals surface area contributed by atoms with Crippen molar-refractivity contribution < 1.29 is 24.0 Å². The fraction of sp³-hybridized carbons (Fsp3) is 0.839. The number of piperidine rings is 1. The van der Waals surface area contributed by atoms with E-state index in [1.54, 1.807) is 9.80 Å². The summed E-state index contributed by atoms with van der Waals surface area (Å²) in [6.07, 6.45) is 8.17. The fourth-order valence-corrected chi connectivity index (χ4v) is 7.84. The van der Waals surface area contributed by atoms with Crippen LogP contribution in [0.2, 0.25) is 0 Å². The van der Waals surface area contributed by atoms with Crippen molar-refractivity contribution in [3.05, 3.63) is 0 Å². The predicted octanol–water partition coefficient (Wildman–Crippen LogP) is 2.98. The SMILES string of the molecule is CC(C)N(C(=O)NC(C(=O)N1CC2C(C1C(=O)NC(CC1CCC1)C(=O)C(N)=O)C2(C)C)C1CCCCC1)C(C)C. The molecule has 0 radical (unpaired) electrons. The monoisotopic (exact) mass is 573 g/mol. The number of hydrogen-bond acceptors (Lipinski definition) is 5. The van der Waals surface area contributed by atoms with Gasteiger partial charge in [-0.2, -0.15) is 0 Å². The third-order valence-corrected chi connectivity index (χ3v) is 10.4. The second-order valence-corrected chi connectivity index (χ2v) is 14.1. The molecule has 3 aliphatic carbocycles. The highest BCUT2D eigenvalue weighted by atomic mass is 16.2. The van der Waals surface area contributed by atoms with Crippen LogP contribution in [0.25, 0.3) is 0 Å². The van der Waals surface area contributed by atoms with E-state index < -0.39 is 35.7 Å². The van der Waals surface area contributed by atoms with Gasteiger partial charge in [0.1, 0.15) is 12.1 Å². The van der Waals surface area contributed by atoms with Crippen molar-refractivity contribution in [2.75, 3.05) is 6.54 Å². The molecule has 4 fully saturated rings. The molecule has 5 unspecified atom stereocenters. The highest BCUT2D eigenvalue weighted by Crippen LogP contribution is 2.65. The minimum absolute atomic E-state index is 0.00201. The Bertz CT molecular complexity index is 1020. The number of ketones is 1. The average Bonchev–Trinajstić information content (AvgIpc) is 3.20. The van der Waals surface area contributed by atoms with Crippen LogP contribution in [-0.2, 0) is 19.2 Å². The number of urea groups is 1. The Morgan fingerprint density at radius 3 is 2.02 bits per heavy atom. The van der Waals surface area contributed by atoms with Crippen molar-refractivity contribution >= 4 is 29.5 Å². The van der Waals surface area contributed by atoms with E-state index in [1.165, 1.54) is 0 Å². The van der Waals surface area contributed by atoms with Crippen LogP contribution in [0.5, 0.6) is 0 Å². The molecule has 230 valence electrons. The van der Waals surface area contributed by atoms with Crippen LogP contribution in [-0.4, -0.2) is 76.1 Å². The number of fused-ring (bicyclic) bond motifs is 1. The molecule has 0 bridgehead atoms. The van der Waals surface area contributed by atoms with Gasteiger partial charge < -0.3 is 26.2 Å². The Labute approximate surface area is 244 Å². The Hall–Kier alpha value is -2.65. The summed E-state index contributed by atoms with van der Waals surface area (Å²) in [5, 5.41) is 5.95. The second-order valence-electron chi connectivity index (χ2n) is 14.1. The van der Waals surface area contributed by atoms with Gasteiger partial charge in [-0.25, -0.2) is 4.79 Å². The molecule has 41 heavy (non-hydrogen) atoms. The molecule has 1 aliphatic heterocycles. The summed E-state index contributed by atoms with van der Waals surface area (Å²) in [5.41, 5.74) is 5.22. The number of rotatable bonds is 11. The molecule has 5 amide bonds. The average molecular weight is 574 g/mol. The number of primary amides is 1. The van der Waals surface area contributed by atoms with Crippen molar-refractivity contribution in [1.82, 2.24) is 20.4 Å². The van der Waals surface area contributed by atoms with E-state index in [1.807, 2.05) is 27.7 Å². The molecule has 1 heterocycles. The lowest BCUT2D eigenvalue weighted by molar-refractivity contribution is -0.144. The van der Waals surface area contributed by atoms with Crippen molar-refractivity contribution in [3.8, 4) is 0 Å². The Morgan fingerprint density at radius 2 is 1.51 bits per heavy atom. The first-order chi connectivity index (χ1) is 19.2. The number of carbonyl (C=O) groups excluding carboxylic acids is 5. The molecule has 0 spiro atoms.